The number of carbonyl (C=O) groups excluding carboxylic acids is 1. The molecule has 0 spiro atoms. The smallest absolute Gasteiger partial charge is 0.344 e. The van der Waals surface area contributed by atoms with Crippen molar-refractivity contribution in [2.45, 2.75) is 19.1 Å². The summed E-state index contributed by atoms with van der Waals surface area (Å²) >= 11 is 0. The predicted octanol–water partition coefficient (Wildman–Crippen LogP) is 3.40. The lowest BCUT2D eigenvalue weighted by molar-refractivity contribution is -0.0496. The van der Waals surface area contributed by atoms with Crippen LogP contribution in [0.2, 0.25) is 0 Å². The fraction of sp³-hybridized carbons (Fsp3) is 0.238. The Labute approximate surface area is 150 Å². The fourth-order valence-electron chi connectivity index (χ4n) is 3.29. The molecule has 0 saturated carbocycles. The van der Waals surface area contributed by atoms with Gasteiger partial charge >= 0.3 is 5.63 Å². The summed E-state index contributed by atoms with van der Waals surface area (Å²) in [6.07, 6.45) is -0.191. The van der Waals surface area contributed by atoms with Gasteiger partial charge in [0.15, 0.2) is 5.76 Å². The monoisotopic (exact) mass is 349 g/mol. The van der Waals surface area contributed by atoms with E-state index in [1.54, 1.807) is 29.2 Å². The van der Waals surface area contributed by atoms with Gasteiger partial charge in [-0.25, -0.2) is 4.79 Å². The Morgan fingerprint density at radius 2 is 1.81 bits per heavy atom. The zero-order valence-electron chi connectivity index (χ0n) is 14.4. The molecule has 1 aliphatic heterocycles. The van der Waals surface area contributed by atoms with Crippen LogP contribution < -0.4 is 5.63 Å². The van der Waals surface area contributed by atoms with Gasteiger partial charge in [-0.3, -0.25) is 4.79 Å². The molecule has 5 heteroatoms. The minimum atomic E-state index is -0.494. The maximum Gasteiger partial charge on any atom is 0.344 e. The topological polar surface area (TPSA) is 59.8 Å². The highest BCUT2D eigenvalue weighted by molar-refractivity contribution is 5.95. The van der Waals surface area contributed by atoms with Crippen molar-refractivity contribution < 1.29 is 13.9 Å². The van der Waals surface area contributed by atoms with E-state index < -0.39 is 5.63 Å². The van der Waals surface area contributed by atoms with E-state index in [-0.39, 0.29) is 23.8 Å². The molecule has 5 nitrogen and oxygen atoms in total. The number of amides is 1. The molecule has 0 bridgehead atoms. The number of fused-ring (bicyclic) bond motifs is 1. The molecule has 1 amide bonds. The van der Waals surface area contributed by atoms with Gasteiger partial charge in [0, 0.05) is 0 Å². The second-order valence-electron chi connectivity index (χ2n) is 6.52. The zero-order chi connectivity index (χ0) is 18.1. The van der Waals surface area contributed by atoms with Gasteiger partial charge in [-0.1, -0.05) is 48.5 Å². The Hall–Kier alpha value is -2.92. The molecular weight excluding hydrogens is 330 g/mol. The van der Waals surface area contributed by atoms with Gasteiger partial charge in [-0.15, -0.1) is 0 Å². The summed E-state index contributed by atoms with van der Waals surface area (Å²) in [6, 6.07) is 18.5. The van der Waals surface area contributed by atoms with Crippen molar-refractivity contribution in [1.82, 2.24) is 4.90 Å². The summed E-state index contributed by atoms with van der Waals surface area (Å²) in [7, 11) is 0. The lowest BCUT2D eigenvalue weighted by Gasteiger charge is -2.37. The van der Waals surface area contributed by atoms with Crippen LogP contribution in [0.25, 0.3) is 10.8 Å². The molecule has 0 aliphatic carbocycles. The molecule has 4 rings (SSSR count). The number of ether oxygens (including phenoxy) is 1. The fourth-order valence-corrected chi connectivity index (χ4v) is 3.29. The molecule has 1 saturated heterocycles. The first-order chi connectivity index (χ1) is 12.6. The SMILES string of the molecule is C[C@H]1CO[C@@H](c2ccccc2)CN1C(=O)c1cc2ccccc2c(=O)o1. The third-order valence-electron chi connectivity index (χ3n) is 4.75. The standard InChI is InChI=1S/C21H19NO4/c1-14-13-25-19(15-7-3-2-4-8-15)12-22(14)20(23)18-11-16-9-5-6-10-17(16)21(24)26-18/h2-11,14,19H,12-13H2,1H3/t14-,19+/m0/s1. The molecule has 0 radical (unpaired) electrons. The number of hydrogen-bond donors (Lipinski definition) is 0. The Bertz CT molecular complexity index is 996. The van der Waals surface area contributed by atoms with Crippen molar-refractivity contribution in [2.24, 2.45) is 0 Å². The number of hydrogen-bond acceptors (Lipinski definition) is 4. The summed E-state index contributed by atoms with van der Waals surface area (Å²) in [5.74, 6) is -0.223. The molecule has 0 N–H and O–H groups in total. The first kappa shape index (κ1) is 16.5. The normalized spacial score (nSPS) is 20.3. The second-order valence-corrected chi connectivity index (χ2v) is 6.52. The van der Waals surface area contributed by atoms with E-state index in [0.29, 0.717) is 23.9 Å². The number of rotatable bonds is 2. The van der Waals surface area contributed by atoms with E-state index in [2.05, 4.69) is 0 Å². The molecule has 26 heavy (non-hydrogen) atoms. The van der Waals surface area contributed by atoms with E-state index >= 15 is 0 Å². The highest BCUT2D eigenvalue weighted by Gasteiger charge is 2.32. The average molecular weight is 349 g/mol. The van der Waals surface area contributed by atoms with Crippen molar-refractivity contribution in [3.63, 3.8) is 0 Å². The third-order valence-corrected chi connectivity index (χ3v) is 4.75. The predicted molar refractivity (Wildman–Crippen MR) is 98.1 cm³/mol. The highest BCUT2D eigenvalue weighted by atomic mass is 16.5. The van der Waals surface area contributed by atoms with Crippen LogP contribution in [0.15, 0.2) is 69.9 Å². The zero-order valence-corrected chi connectivity index (χ0v) is 14.4. The lowest BCUT2D eigenvalue weighted by atomic mass is 10.1. The van der Waals surface area contributed by atoms with E-state index in [4.69, 9.17) is 9.15 Å². The van der Waals surface area contributed by atoms with Crippen LogP contribution in [0.5, 0.6) is 0 Å². The maximum atomic E-state index is 13.0. The minimum Gasteiger partial charge on any atom is -0.417 e. The molecule has 132 valence electrons. The van der Waals surface area contributed by atoms with Gasteiger partial charge < -0.3 is 14.1 Å². The van der Waals surface area contributed by atoms with Gasteiger partial charge in [0.1, 0.15) is 6.10 Å². The minimum absolute atomic E-state index is 0.0641. The second kappa shape index (κ2) is 6.77. The molecule has 2 atom stereocenters. The molecular formula is C21H19NO4. The molecule has 1 aromatic heterocycles. The van der Waals surface area contributed by atoms with E-state index in [9.17, 15) is 9.59 Å². The van der Waals surface area contributed by atoms with Crippen LogP contribution in [0.1, 0.15) is 29.1 Å². The number of nitrogens with zero attached hydrogens (tertiary/aromatic N) is 1. The third kappa shape index (κ3) is 3.02. The molecule has 2 aromatic carbocycles. The van der Waals surface area contributed by atoms with Gasteiger partial charge in [0.2, 0.25) is 0 Å². The van der Waals surface area contributed by atoms with Crippen molar-refractivity contribution in [3.05, 3.63) is 82.4 Å². The number of morpholine rings is 1. The summed E-state index contributed by atoms with van der Waals surface area (Å²) < 4.78 is 11.2. The molecule has 1 fully saturated rings. The summed E-state index contributed by atoms with van der Waals surface area (Å²) in [4.78, 5) is 26.9. The summed E-state index contributed by atoms with van der Waals surface area (Å²) in [5.41, 5.74) is 0.532. The van der Waals surface area contributed by atoms with Crippen molar-refractivity contribution >= 4 is 16.7 Å². The van der Waals surface area contributed by atoms with Crippen LogP contribution >= 0.6 is 0 Å². The van der Waals surface area contributed by atoms with Crippen LogP contribution in [0.4, 0.5) is 0 Å². The number of benzene rings is 2. The first-order valence-electron chi connectivity index (χ1n) is 8.64. The van der Waals surface area contributed by atoms with Crippen LogP contribution in [-0.4, -0.2) is 30.0 Å². The van der Waals surface area contributed by atoms with Gasteiger partial charge in [-0.05, 0) is 30.0 Å². The Morgan fingerprint density at radius 3 is 2.62 bits per heavy atom. The highest BCUT2D eigenvalue weighted by Crippen LogP contribution is 2.26. The largest absolute Gasteiger partial charge is 0.417 e. The van der Waals surface area contributed by atoms with Crippen molar-refractivity contribution in [3.8, 4) is 0 Å². The van der Waals surface area contributed by atoms with Crippen molar-refractivity contribution in [1.29, 1.82) is 0 Å². The first-order valence-corrected chi connectivity index (χ1v) is 8.64. The van der Waals surface area contributed by atoms with Crippen LogP contribution in [-0.2, 0) is 4.74 Å². The average Bonchev–Trinajstić information content (AvgIpc) is 2.68. The van der Waals surface area contributed by atoms with Crippen molar-refractivity contribution in [2.75, 3.05) is 13.2 Å². The van der Waals surface area contributed by atoms with Gasteiger partial charge in [-0.2, -0.15) is 0 Å². The Balaban J connectivity index is 1.65. The Kier molecular flexibility index (Phi) is 4.31. The van der Waals surface area contributed by atoms with E-state index in [0.717, 1.165) is 5.56 Å². The molecule has 0 unspecified atom stereocenters. The van der Waals surface area contributed by atoms with Crippen LogP contribution in [0.3, 0.4) is 0 Å². The summed E-state index contributed by atoms with van der Waals surface area (Å²) in [5, 5.41) is 1.17. The van der Waals surface area contributed by atoms with Gasteiger partial charge in [0.05, 0.1) is 24.6 Å². The molecule has 3 aromatic rings. The van der Waals surface area contributed by atoms with Crippen LogP contribution in [0, 0.1) is 0 Å². The van der Waals surface area contributed by atoms with E-state index in [1.165, 1.54) is 0 Å². The quantitative estimate of drug-likeness (QED) is 0.711. The lowest BCUT2D eigenvalue weighted by Crippen LogP contribution is -2.48. The maximum absolute atomic E-state index is 13.0. The molecule has 2 heterocycles. The molecule has 1 aliphatic rings. The summed E-state index contributed by atoms with van der Waals surface area (Å²) in [6.45, 7) is 2.78. The van der Waals surface area contributed by atoms with E-state index in [1.807, 2.05) is 43.3 Å². The van der Waals surface area contributed by atoms with Gasteiger partial charge in [0.25, 0.3) is 5.91 Å². The number of carbonyl (C=O) groups is 1. The Morgan fingerprint density at radius 1 is 1.08 bits per heavy atom.